The Morgan fingerprint density at radius 3 is 1.59 bits per heavy atom. The van der Waals surface area contributed by atoms with Crippen LogP contribution < -0.4 is 0 Å². The minimum atomic E-state index is -1.79. The fourth-order valence-corrected chi connectivity index (χ4v) is 2.35. The first-order chi connectivity index (χ1) is 12.7. The highest BCUT2D eigenvalue weighted by atomic mass is 16.4. The molecule has 0 aromatic heterocycles. The fourth-order valence-electron chi connectivity index (χ4n) is 2.35. The van der Waals surface area contributed by atoms with E-state index >= 15 is 0 Å². The second kappa shape index (κ2) is 18.3. The van der Waals surface area contributed by atoms with E-state index in [1.54, 1.807) is 0 Å². The van der Waals surface area contributed by atoms with Crippen molar-refractivity contribution in [2.75, 3.05) is 6.61 Å². The maximum Gasteiger partial charge on any atom is 0.303 e. The number of carboxylic acids is 1. The Bertz CT molecular complexity index is 375. The Morgan fingerprint density at radius 1 is 0.778 bits per heavy atom. The van der Waals surface area contributed by atoms with Gasteiger partial charge in [0.1, 0.15) is 24.4 Å². The third-order valence-electron chi connectivity index (χ3n) is 4.17. The third kappa shape index (κ3) is 16.8. The minimum Gasteiger partial charge on any atom is -0.481 e. The van der Waals surface area contributed by atoms with Crippen molar-refractivity contribution < 1.29 is 40.2 Å². The number of aliphatic carboxylic acids is 1. The first-order valence-electron chi connectivity index (χ1n) is 9.74. The van der Waals surface area contributed by atoms with Gasteiger partial charge in [0.25, 0.3) is 0 Å². The maximum absolute atomic E-state index is 10.5. The van der Waals surface area contributed by atoms with Gasteiger partial charge in [-0.2, -0.15) is 0 Å². The number of aliphatic hydroxyl groups excluding tert-OH is 5. The van der Waals surface area contributed by atoms with Crippen molar-refractivity contribution >= 4 is 11.8 Å². The number of hydrogen-bond donors (Lipinski definition) is 6. The van der Waals surface area contributed by atoms with E-state index in [2.05, 4.69) is 6.92 Å². The van der Waals surface area contributed by atoms with E-state index in [1.807, 2.05) is 0 Å². The molecule has 0 aliphatic carbocycles. The van der Waals surface area contributed by atoms with Gasteiger partial charge in [-0.1, -0.05) is 58.3 Å². The van der Waals surface area contributed by atoms with Gasteiger partial charge >= 0.3 is 5.97 Å². The molecule has 0 radical (unpaired) electrons. The van der Waals surface area contributed by atoms with Gasteiger partial charge in [0.15, 0.2) is 5.78 Å². The highest BCUT2D eigenvalue weighted by molar-refractivity contribution is 5.80. The molecule has 0 aromatic carbocycles. The number of rotatable bonds is 15. The zero-order valence-electron chi connectivity index (χ0n) is 16.6. The quantitative estimate of drug-likeness (QED) is 0.225. The Labute approximate surface area is 161 Å². The van der Waals surface area contributed by atoms with Crippen molar-refractivity contribution in [1.29, 1.82) is 0 Å². The lowest BCUT2D eigenvalue weighted by atomic mass is 10.0. The molecule has 0 aliphatic heterocycles. The molecular formula is C19H38O8. The van der Waals surface area contributed by atoms with Crippen molar-refractivity contribution in [1.82, 2.24) is 0 Å². The summed E-state index contributed by atoms with van der Waals surface area (Å²) in [6.45, 7) is 2.50. The summed E-state index contributed by atoms with van der Waals surface area (Å²) in [7, 11) is 0. The maximum atomic E-state index is 10.5. The van der Waals surface area contributed by atoms with Crippen LogP contribution in [0.4, 0.5) is 0 Å². The number of hydrogen-bond acceptors (Lipinski definition) is 7. The van der Waals surface area contributed by atoms with Crippen molar-refractivity contribution in [3.05, 3.63) is 0 Å². The van der Waals surface area contributed by atoms with Crippen LogP contribution >= 0.6 is 0 Å². The highest BCUT2D eigenvalue weighted by Crippen LogP contribution is 2.10. The van der Waals surface area contributed by atoms with Crippen LogP contribution in [0.1, 0.15) is 78.1 Å². The lowest BCUT2D eigenvalue weighted by Crippen LogP contribution is -2.48. The van der Waals surface area contributed by atoms with Gasteiger partial charge < -0.3 is 30.6 Å². The molecule has 0 unspecified atom stereocenters. The molecular weight excluding hydrogens is 356 g/mol. The first kappa shape index (κ1) is 28.2. The Morgan fingerprint density at radius 2 is 1.22 bits per heavy atom. The van der Waals surface area contributed by atoms with Crippen molar-refractivity contribution in [3.8, 4) is 0 Å². The molecule has 0 rings (SSSR count). The summed E-state index contributed by atoms with van der Waals surface area (Å²) in [4.78, 5) is 20.7. The van der Waals surface area contributed by atoms with Crippen molar-refractivity contribution in [2.45, 2.75) is 102 Å². The zero-order valence-corrected chi connectivity index (χ0v) is 16.6. The number of unbranched alkanes of at least 4 members (excludes halogenated alkanes) is 8. The number of carbonyl (C=O) groups excluding carboxylic acids is 1. The average molecular weight is 395 g/mol. The van der Waals surface area contributed by atoms with Gasteiger partial charge in [-0.25, -0.2) is 0 Å². The Kier molecular flexibility index (Phi) is 19.1. The summed E-state index contributed by atoms with van der Waals surface area (Å²) >= 11 is 0. The summed E-state index contributed by atoms with van der Waals surface area (Å²) in [6.07, 6.45) is 4.61. The Balaban J connectivity index is 0. The number of aliphatic hydroxyl groups is 5. The molecule has 8 heteroatoms. The molecule has 0 bridgehead atoms. The first-order valence-corrected chi connectivity index (χ1v) is 9.74. The van der Waals surface area contributed by atoms with E-state index in [0.717, 1.165) is 19.8 Å². The molecule has 0 spiro atoms. The van der Waals surface area contributed by atoms with Crippen LogP contribution in [-0.4, -0.2) is 73.4 Å². The molecule has 0 saturated heterocycles. The molecule has 0 saturated carbocycles. The largest absolute Gasteiger partial charge is 0.481 e. The second-order valence-corrected chi connectivity index (χ2v) is 6.76. The highest BCUT2D eigenvalue weighted by Gasteiger charge is 2.32. The number of carbonyl (C=O) groups is 2. The molecule has 6 N–H and O–H groups in total. The number of carboxylic acid groups (broad SMARTS) is 1. The molecule has 8 nitrogen and oxygen atoms in total. The topological polar surface area (TPSA) is 156 Å². The van der Waals surface area contributed by atoms with Crippen LogP contribution in [-0.2, 0) is 9.59 Å². The van der Waals surface area contributed by atoms with Crippen molar-refractivity contribution in [3.63, 3.8) is 0 Å². The van der Waals surface area contributed by atoms with Gasteiger partial charge in [-0.05, 0) is 13.3 Å². The average Bonchev–Trinajstić information content (AvgIpc) is 2.64. The van der Waals surface area contributed by atoms with E-state index in [4.69, 9.17) is 30.6 Å². The normalized spacial score (nSPS) is 15.2. The van der Waals surface area contributed by atoms with E-state index < -0.39 is 42.8 Å². The van der Waals surface area contributed by atoms with Gasteiger partial charge in [-0.15, -0.1) is 0 Å². The van der Waals surface area contributed by atoms with Crippen LogP contribution in [0.5, 0.6) is 0 Å². The van der Waals surface area contributed by atoms with Crippen LogP contribution in [0, 0.1) is 0 Å². The second-order valence-electron chi connectivity index (χ2n) is 6.76. The van der Waals surface area contributed by atoms with Gasteiger partial charge in [0.05, 0.1) is 6.61 Å². The molecule has 0 amide bonds. The van der Waals surface area contributed by atoms with Crippen LogP contribution in [0.2, 0.25) is 0 Å². The van der Waals surface area contributed by atoms with Crippen molar-refractivity contribution in [2.24, 2.45) is 0 Å². The van der Waals surface area contributed by atoms with E-state index in [0.29, 0.717) is 6.42 Å². The summed E-state index contributed by atoms with van der Waals surface area (Å²) in [5, 5.41) is 52.7. The number of ketones is 1. The smallest absolute Gasteiger partial charge is 0.303 e. The third-order valence-corrected chi connectivity index (χ3v) is 4.17. The van der Waals surface area contributed by atoms with E-state index in [9.17, 15) is 9.59 Å². The van der Waals surface area contributed by atoms with Crippen LogP contribution in [0.15, 0.2) is 0 Å². The summed E-state index contributed by atoms with van der Waals surface area (Å²) in [5.74, 6) is -1.38. The lowest BCUT2D eigenvalue weighted by Gasteiger charge is -2.23. The molecule has 0 fully saturated rings. The van der Waals surface area contributed by atoms with Gasteiger partial charge in [0.2, 0.25) is 0 Å². The standard InChI is InChI=1S/C12H24O2.C7H14O6/c1-2-3-4-5-6-7-8-9-10-11-12(13)14;1-3(9)5(11)7(13)6(12)4(10)2-8/h2-11H2,1H3,(H,13,14);4-8,10-13H,2H2,1H3/t;4-,5+,6-,7-/m.1/s1. The predicted octanol–water partition coefficient (Wildman–Crippen LogP) is 1.00. The molecule has 0 aliphatic rings. The molecule has 27 heavy (non-hydrogen) atoms. The lowest BCUT2D eigenvalue weighted by molar-refractivity contribution is -0.145. The summed E-state index contributed by atoms with van der Waals surface area (Å²) in [5.41, 5.74) is 0. The SMILES string of the molecule is CC(=O)[C@H](O)[C@@H](O)[C@H](O)[C@H](O)CO.CCCCCCCCCCCC(=O)O. The molecule has 0 heterocycles. The Hall–Kier alpha value is -1.06. The monoisotopic (exact) mass is 394 g/mol. The van der Waals surface area contributed by atoms with Crippen LogP contribution in [0.3, 0.4) is 0 Å². The fraction of sp³-hybridized carbons (Fsp3) is 0.895. The minimum absolute atomic E-state index is 0.343. The molecule has 0 aromatic rings. The predicted molar refractivity (Wildman–Crippen MR) is 101 cm³/mol. The molecule has 162 valence electrons. The van der Waals surface area contributed by atoms with Gasteiger partial charge in [0, 0.05) is 6.42 Å². The van der Waals surface area contributed by atoms with E-state index in [1.165, 1.54) is 44.9 Å². The summed E-state index contributed by atoms with van der Waals surface area (Å²) < 4.78 is 0. The number of Topliss-reactive ketones (excluding diaryl/α,β-unsaturated/α-hetero) is 1. The molecule has 4 atom stereocenters. The van der Waals surface area contributed by atoms with E-state index in [-0.39, 0.29) is 0 Å². The van der Waals surface area contributed by atoms with Crippen LogP contribution in [0.25, 0.3) is 0 Å². The zero-order chi connectivity index (χ0) is 21.2. The summed E-state index contributed by atoms with van der Waals surface area (Å²) in [6, 6.07) is 0. The van der Waals surface area contributed by atoms with Gasteiger partial charge in [-0.3, -0.25) is 9.59 Å².